The lowest BCUT2D eigenvalue weighted by Crippen LogP contribution is -2.51. The molecule has 7 rings (SSSR count). The van der Waals surface area contributed by atoms with Crippen molar-refractivity contribution in [2.75, 3.05) is 13.1 Å². The maximum absolute atomic E-state index is 15.1. The highest BCUT2D eigenvalue weighted by Crippen LogP contribution is 2.39. The molecule has 0 spiro atoms. The topological polar surface area (TPSA) is 42.3 Å². The number of halogens is 2. The molecular formula is C44H40F2N2O2. The summed E-state index contributed by atoms with van der Waals surface area (Å²) in [4.78, 5) is 31.7. The highest BCUT2D eigenvalue weighted by atomic mass is 19.1. The average Bonchev–Trinajstić information content (AvgIpc) is 3.76. The van der Waals surface area contributed by atoms with Crippen LogP contribution in [0.25, 0.3) is 10.9 Å². The fourth-order valence-corrected chi connectivity index (χ4v) is 7.68. The Labute approximate surface area is 292 Å². The van der Waals surface area contributed by atoms with Crippen molar-refractivity contribution in [2.45, 2.75) is 44.6 Å². The number of likely N-dealkylation sites (tertiary alicyclic amines) is 1. The first-order chi connectivity index (χ1) is 24.4. The molecule has 1 amide bonds. The zero-order valence-corrected chi connectivity index (χ0v) is 28.0. The van der Waals surface area contributed by atoms with Crippen LogP contribution in [0.2, 0.25) is 0 Å². The van der Waals surface area contributed by atoms with Crippen LogP contribution in [0.3, 0.4) is 0 Å². The summed E-state index contributed by atoms with van der Waals surface area (Å²) in [5.74, 6) is -0.930. The third kappa shape index (κ3) is 7.16. The van der Waals surface area contributed by atoms with Crippen molar-refractivity contribution in [3.8, 4) is 0 Å². The van der Waals surface area contributed by atoms with E-state index in [1.165, 1.54) is 18.2 Å². The highest BCUT2D eigenvalue weighted by Gasteiger charge is 2.48. The van der Waals surface area contributed by atoms with Crippen LogP contribution in [0, 0.1) is 17.0 Å². The summed E-state index contributed by atoms with van der Waals surface area (Å²) in [6.07, 6.45) is 3.94. The van der Waals surface area contributed by atoms with Crippen molar-refractivity contribution in [1.82, 2.24) is 9.47 Å². The number of hydrogen-bond donors (Lipinski definition) is 0. The molecule has 1 saturated heterocycles. The van der Waals surface area contributed by atoms with E-state index in [1.807, 2.05) is 83.8 Å². The van der Waals surface area contributed by atoms with Crippen molar-refractivity contribution in [3.05, 3.63) is 179 Å². The summed E-state index contributed by atoms with van der Waals surface area (Å²) in [5.41, 5.74) is 4.20. The molecule has 2 atom stereocenters. The molecule has 0 bridgehead atoms. The Kier molecular flexibility index (Phi) is 9.70. The lowest BCUT2D eigenvalue weighted by Gasteiger charge is -2.35. The molecule has 252 valence electrons. The van der Waals surface area contributed by atoms with E-state index >= 15 is 4.79 Å². The van der Waals surface area contributed by atoms with Crippen LogP contribution < -0.4 is 0 Å². The van der Waals surface area contributed by atoms with Gasteiger partial charge in [0.1, 0.15) is 22.8 Å². The lowest BCUT2D eigenvalue weighted by atomic mass is 9.70. The Balaban J connectivity index is 1.23. The van der Waals surface area contributed by atoms with Gasteiger partial charge >= 0.3 is 0 Å². The molecule has 6 heteroatoms. The van der Waals surface area contributed by atoms with E-state index in [2.05, 4.69) is 22.9 Å². The van der Waals surface area contributed by atoms with Gasteiger partial charge in [0, 0.05) is 49.1 Å². The second-order valence-electron chi connectivity index (χ2n) is 13.6. The number of hydrogen-bond acceptors (Lipinski definition) is 2. The van der Waals surface area contributed by atoms with Gasteiger partial charge in [0.05, 0.1) is 0 Å². The Bertz CT molecular complexity index is 2110. The minimum absolute atomic E-state index is 0.0561. The van der Waals surface area contributed by atoms with Gasteiger partial charge in [-0.05, 0) is 83.8 Å². The number of Topliss-reactive ketones (excluding diaryl/α,β-unsaturated/α-hetero) is 1. The van der Waals surface area contributed by atoms with E-state index in [0.717, 1.165) is 39.6 Å². The van der Waals surface area contributed by atoms with E-state index in [9.17, 15) is 13.6 Å². The van der Waals surface area contributed by atoms with Crippen LogP contribution in [0.5, 0.6) is 0 Å². The first-order valence-corrected chi connectivity index (χ1v) is 17.4. The minimum Gasteiger partial charge on any atom is -0.343 e. The third-order valence-electron chi connectivity index (χ3n) is 10.1. The van der Waals surface area contributed by atoms with Crippen molar-refractivity contribution in [3.63, 3.8) is 0 Å². The largest absolute Gasteiger partial charge is 0.343 e. The summed E-state index contributed by atoms with van der Waals surface area (Å²) in [6, 6.07) is 40.7. The van der Waals surface area contributed by atoms with Gasteiger partial charge in [0.15, 0.2) is 0 Å². The van der Waals surface area contributed by atoms with Crippen LogP contribution in [0.15, 0.2) is 140 Å². The van der Waals surface area contributed by atoms with Gasteiger partial charge in [0.25, 0.3) is 0 Å². The molecule has 1 aromatic heterocycles. The summed E-state index contributed by atoms with van der Waals surface area (Å²) in [5, 5.41) is 1.11. The fraction of sp³-hybridized carbons (Fsp3) is 0.227. The van der Waals surface area contributed by atoms with E-state index in [-0.39, 0.29) is 42.7 Å². The molecule has 1 aliphatic heterocycles. The van der Waals surface area contributed by atoms with Crippen LogP contribution in [0.1, 0.15) is 46.6 Å². The number of ketones is 1. The molecular weight excluding hydrogens is 626 g/mol. The lowest BCUT2D eigenvalue weighted by molar-refractivity contribution is -0.149. The van der Waals surface area contributed by atoms with Crippen molar-refractivity contribution in [1.29, 1.82) is 0 Å². The Hall–Kier alpha value is -5.36. The maximum atomic E-state index is 15.1. The molecule has 5 aromatic carbocycles. The number of rotatable bonds is 12. The molecule has 2 unspecified atom stereocenters. The predicted molar refractivity (Wildman–Crippen MR) is 194 cm³/mol. The number of benzene rings is 5. The van der Waals surface area contributed by atoms with Gasteiger partial charge in [-0.2, -0.15) is 0 Å². The zero-order chi connectivity index (χ0) is 34.5. The number of carbonyl (C=O) groups is 2. The number of aromatic nitrogens is 1. The van der Waals surface area contributed by atoms with Crippen molar-refractivity contribution in [2.24, 2.45) is 5.41 Å². The molecule has 4 nitrogen and oxygen atoms in total. The number of carbonyl (C=O) groups excluding carboxylic acids is 2. The van der Waals surface area contributed by atoms with Crippen molar-refractivity contribution < 1.29 is 18.4 Å². The molecule has 0 N–H and O–H groups in total. The van der Waals surface area contributed by atoms with E-state index in [0.29, 0.717) is 31.6 Å². The van der Waals surface area contributed by atoms with Crippen LogP contribution in [-0.4, -0.2) is 34.2 Å². The summed E-state index contributed by atoms with van der Waals surface area (Å²) in [7, 11) is 0. The number of aryl methyl sites for hydroxylation is 1. The predicted octanol–water partition coefficient (Wildman–Crippen LogP) is 8.96. The summed E-state index contributed by atoms with van der Waals surface area (Å²) >= 11 is 0. The van der Waals surface area contributed by atoms with E-state index in [4.69, 9.17) is 0 Å². The first kappa shape index (κ1) is 33.2. The van der Waals surface area contributed by atoms with Gasteiger partial charge < -0.3 is 9.47 Å². The maximum Gasteiger partial charge on any atom is 0.236 e. The molecule has 0 radical (unpaired) electrons. The summed E-state index contributed by atoms with van der Waals surface area (Å²) < 4.78 is 30.8. The third-order valence-corrected chi connectivity index (χ3v) is 10.1. The molecule has 0 saturated carbocycles. The van der Waals surface area contributed by atoms with Gasteiger partial charge in [0.2, 0.25) is 5.91 Å². The standard InChI is InChI=1S/C44H40F2N2O2/c45-37-17-9-15-34(25-37)28-44(27-33-13-5-2-6-14-33,42(49)22-21-32-11-3-1-4-12-32)43(50)47-24-23-36(30-47)40-31-48(41-20-8-7-19-39(40)41)29-35-16-10-18-38(46)26-35/h1-20,25-26,31,36H,21-24,27-30H2. The fourth-order valence-electron chi connectivity index (χ4n) is 7.68. The molecule has 1 aliphatic rings. The molecule has 1 fully saturated rings. The SMILES string of the molecule is O=C(CCc1ccccc1)C(Cc1ccccc1)(Cc1cccc(F)c1)C(=O)N1CCC(c2cn(Cc3cccc(F)c3)c3ccccc23)C1. The van der Waals surface area contributed by atoms with Crippen LogP contribution >= 0.6 is 0 Å². The number of para-hydroxylation sites is 1. The smallest absolute Gasteiger partial charge is 0.236 e. The van der Waals surface area contributed by atoms with Gasteiger partial charge in [-0.1, -0.05) is 103 Å². The number of nitrogens with zero attached hydrogens (tertiary/aromatic N) is 2. The monoisotopic (exact) mass is 666 g/mol. The van der Waals surface area contributed by atoms with E-state index < -0.39 is 11.2 Å². The Morgan fingerprint density at radius 3 is 2.00 bits per heavy atom. The van der Waals surface area contributed by atoms with Gasteiger partial charge in [-0.15, -0.1) is 0 Å². The Morgan fingerprint density at radius 2 is 1.28 bits per heavy atom. The quantitative estimate of drug-likeness (QED) is 0.122. The molecule has 0 aliphatic carbocycles. The normalized spacial score (nSPS) is 15.6. The zero-order valence-electron chi connectivity index (χ0n) is 28.0. The van der Waals surface area contributed by atoms with E-state index in [1.54, 1.807) is 24.3 Å². The molecule has 50 heavy (non-hydrogen) atoms. The second kappa shape index (κ2) is 14.6. The first-order valence-electron chi connectivity index (χ1n) is 17.4. The number of amides is 1. The number of fused-ring (bicyclic) bond motifs is 1. The van der Waals surface area contributed by atoms with Gasteiger partial charge in [-0.25, -0.2) is 8.78 Å². The minimum atomic E-state index is -1.41. The van der Waals surface area contributed by atoms with Crippen LogP contribution in [-0.2, 0) is 35.4 Å². The molecule has 6 aromatic rings. The van der Waals surface area contributed by atoms with Crippen molar-refractivity contribution >= 4 is 22.6 Å². The Morgan fingerprint density at radius 1 is 0.680 bits per heavy atom. The average molecular weight is 667 g/mol. The van der Waals surface area contributed by atoms with Gasteiger partial charge in [-0.3, -0.25) is 9.59 Å². The summed E-state index contributed by atoms with van der Waals surface area (Å²) in [6.45, 7) is 1.51. The second-order valence-corrected chi connectivity index (χ2v) is 13.6. The molecule has 2 heterocycles. The highest BCUT2D eigenvalue weighted by molar-refractivity contribution is 6.07. The van der Waals surface area contributed by atoms with Crippen LogP contribution in [0.4, 0.5) is 8.78 Å².